The average molecular weight is 1110 g/mol. The van der Waals surface area contributed by atoms with Crippen molar-refractivity contribution in [2.75, 3.05) is 33.3 Å². The number of aliphatic imine (C=N–C) groups is 1. The summed E-state index contributed by atoms with van der Waals surface area (Å²) in [6, 6.07) is -7.25. The number of aromatic nitrogens is 2. The first kappa shape index (κ1) is 64.7. The van der Waals surface area contributed by atoms with Gasteiger partial charge in [0.05, 0.1) is 6.04 Å². The molecule has 3 aliphatic heterocycles. The van der Waals surface area contributed by atoms with Crippen LogP contribution in [0.15, 0.2) is 26.8 Å². The molecule has 16 atom stereocenters. The van der Waals surface area contributed by atoms with E-state index in [2.05, 4.69) is 50.7 Å². The molecule has 2 saturated heterocycles. The van der Waals surface area contributed by atoms with Crippen LogP contribution < -0.4 is 54.6 Å². The summed E-state index contributed by atoms with van der Waals surface area (Å²) in [7, 11) is 1.23. The van der Waals surface area contributed by atoms with E-state index in [0.29, 0.717) is 12.3 Å². The smallest absolute Gasteiger partial charge is 0.330 e. The van der Waals surface area contributed by atoms with Crippen LogP contribution in [0.2, 0.25) is 0 Å². The van der Waals surface area contributed by atoms with E-state index in [0.717, 1.165) is 48.9 Å². The lowest BCUT2D eigenvalue weighted by Gasteiger charge is -2.34. The molecule has 16 N–H and O–H groups in total. The number of hydrogen-bond acceptors (Lipinski definition) is 21. The standard InChI is InChI=1S/C49H83N11O18/c1-8-25(6)14-11-9-10-12-15-29(62)76-37(24(4)5)32(57-42(67)31(26-16-20-54-47(51)55-26)59-48(72)58-30(23(2)3)44(68)69)41(66)53-19-13-18-52-33(45(70)71)38(78-46-40(74-7)34(63)27(22-50)75-46)39-35(64)36(65)43(77-39)60-21-17-28(61)56-49(60)73/h17,21,23-27,30-40,43,46,52,63-65H,8-16,18-20,22,50H2,1-7H3,(H,53,66)(H,57,67)(H,68,69)(H,70,71)(H3,51,54,55)(H,56,61,73)(H2,58,59,72)/t25-,26-,27+,30-,31-,32-,33-,34+,35-,36+,37-,38-,39-,40+,43+,46-/m0/s1. The van der Waals surface area contributed by atoms with Crippen molar-refractivity contribution in [1.29, 1.82) is 0 Å². The summed E-state index contributed by atoms with van der Waals surface area (Å²) in [5.74, 6) is -5.91. The Bertz CT molecular complexity index is 2290. The number of amides is 4. The van der Waals surface area contributed by atoms with Gasteiger partial charge in [-0.05, 0) is 43.6 Å². The minimum absolute atomic E-state index is 0.0207. The van der Waals surface area contributed by atoms with Crippen molar-refractivity contribution in [3.05, 3.63) is 33.1 Å². The van der Waals surface area contributed by atoms with Crippen molar-refractivity contribution in [3.8, 4) is 0 Å². The van der Waals surface area contributed by atoms with Crippen LogP contribution in [-0.2, 0) is 47.7 Å². The van der Waals surface area contributed by atoms with E-state index in [9.17, 15) is 63.9 Å². The number of nitrogens with two attached hydrogens (primary N) is 2. The number of aliphatic hydroxyl groups is 3. The van der Waals surface area contributed by atoms with Gasteiger partial charge in [-0.15, -0.1) is 0 Å². The van der Waals surface area contributed by atoms with Gasteiger partial charge in [0, 0.05) is 45.4 Å². The monoisotopic (exact) mass is 1110 g/mol. The molecule has 0 unspecified atom stereocenters. The first-order valence-electron chi connectivity index (χ1n) is 26.6. The number of hydrogen-bond donors (Lipinski definition) is 14. The molecule has 29 nitrogen and oxygen atoms in total. The number of carboxylic acids is 2. The van der Waals surface area contributed by atoms with Crippen molar-refractivity contribution >= 4 is 41.7 Å². The molecule has 1 aromatic heterocycles. The van der Waals surface area contributed by atoms with Crippen molar-refractivity contribution in [1.82, 2.24) is 41.5 Å². The van der Waals surface area contributed by atoms with Gasteiger partial charge in [-0.3, -0.25) is 38.5 Å². The van der Waals surface area contributed by atoms with Gasteiger partial charge in [0.15, 0.2) is 18.5 Å². The fourth-order valence-electron chi connectivity index (χ4n) is 9.31. The average Bonchev–Trinajstić information content (AvgIpc) is 3.94. The maximum absolute atomic E-state index is 14.5. The van der Waals surface area contributed by atoms with Gasteiger partial charge in [-0.1, -0.05) is 73.6 Å². The molecule has 0 saturated carbocycles. The molecule has 0 bridgehead atoms. The number of aromatic amines is 1. The lowest BCUT2D eigenvalue weighted by Crippen LogP contribution is -2.66. The quantitative estimate of drug-likeness (QED) is 0.0253. The second-order valence-corrected chi connectivity index (χ2v) is 20.6. The zero-order valence-corrected chi connectivity index (χ0v) is 45.3. The van der Waals surface area contributed by atoms with Crippen LogP contribution in [0.25, 0.3) is 0 Å². The van der Waals surface area contributed by atoms with Gasteiger partial charge < -0.3 is 92.6 Å². The third kappa shape index (κ3) is 18.1. The maximum Gasteiger partial charge on any atom is 0.330 e. The molecule has 1 aromatic rings. The molecule has 4 rings (SSSR count). The Balaban J connectivity index is 1.58. The van der Waals surface area contributed by atoms with E-state index in [1.165, 1.54) is 7.11 Å². The van der Waals surface area contributed by atoms with E-state index >= 15 is 0 Å². The second-order valence-electron chi connectivity index (χ2n) is 20.6. The number of urea groups is 1. The van der Waals surface area contributed by atoms with Crippen LogP contribution >= 0.6 is 0 Å². The number of nitrogens with one attached hydrogen (secondary N) is 7. The number of carboxylic acid groups (broad SMARTS) is 2. The van der Waals surface area contributed by atoms with Gasteiger partial charge in [0.1, 0.15) is 73.0 Å². The Morgan fingerprint density at radius 2 is 1.55 bits per heavy atom. The van der Waals surface area contributed by atoms with E-state index < -0.39 is 150 Å². The topological polar surface area (TPSA) is 441 Å². The summed E-state index contributed by atoms with van der Waals surface area (Å²) in [5, 5.41) is 69.6. The molecule has 442 valence electrons. The SMILES string of the molecule is CC[C@H](C)CCCCCCC(=O)O[C@@H](C(C)C)[C@H](NC(=O)[C@@H](NC(=O)N[C@H](C(=O)O)C(C)C)[C@@H]1CCN=C(N)N1)C(=O)NCCCN[C@H](C(=O)O)[C@H](O[C@@H]1O[C@H](CN)[C@@H](O)[C@H]1OC)[C@H]1O[C@@H](n2ccc(=O)[nH]c2=O)[C@H](O)[C@@H]1O. The molecule has 0 spiro atoms. The minimum Gasteiger partial charge on any atom is -0.480 e. The summed E-state index contributed by atoms with van der Waals surface area (Å²) in [6.07, 6.45) is -8.99. The number of rotatable bonds is 32. The molecule has 4 heterocycles. The number of aliphatic hydroxyl groups excluding tert-OH is 3. The number of unbranched alkanes of at least 4 members (excludes halogenated alkanes) is 3. The van der Waals surface area contributed by atoms with Crippen LogP contribution in [0.1, 0.15) is 106 Å². The van der Waals surface area contributed by atoms with Gasteiger partial charge in [-0.2, -0.15) is 0 Å². The zero-order valence-electron chi connectivity index (χ0n) is 45.3. The molecule has 3 aliphatic rings. The highest BCUT2D eigenvalue weighted by atomic mass is 16.7. The summed E-state index contributed by atoms with van der Waals surface area (Å²) in [5.41, 5.74) is 9.97. The van der Waals surface area contributed by atoms with E-state index in [1.54, 1.807) is 27.7 Å². The predicted octanol–water partition coefficient (Wildman–Crippen LogP) is -2.96. The summed E-state index contributed by atoms with van der Waals surface area (Å²) < 4.78 is 30.0. The van der Waals surface area contributed by atoms with Crippen molar-refractivity contribution in [2.24, 2.45) is 34.2 Å². The molecular formula is C49H83N11O18. The van der Waals surface area contributed by atoms with Crippen LogP contribution in [0.3, 0.4) is 0 Å². The highest BCUT2D eigenvalue weighted by molar-refractivity contribution is 5.94. The van der Waals surface area contributed by atoms with Crippen molar-refractivity contribution < 1.29 is 78.0 Å². The number of esters is 1. The number of guanidine groups is 1. The minimum atomic E-state index is -1.93. The summed E-state index contributed by atoms with van der Waals surface area (Å²) >= 11 is 0. The number of H-pyrrole nitrogens is 1. The van der Waals surface area contributed by atoms with Crippen molar-refractivity contribution in [2.45, 2.75) is 191 Å². The molecule has 4 amide bonds. The fraction of sp³-hybridized carbons (Fsp3) is 0.776. The van der Waals surface area contributed by atoms with E-state index in [1.807, 2.05) is 4.98 Å². The van der Waals surface area contributed by atoms with Crippen LogP contribution in [0.4, 0.5) is 4.79 Å². The fourth-order valence-corrected chi connectivity index (χ4v) is 9.31. The normalized spacial score (nSPS) is 25.9. The number of ether oxygens (including phenoxy) is 5. The van der Waals surface area contributed by atoms with E-state index in [-0.39, 0.29) is 51.4 Å². The number of carbonyl (C=O) groups excluding carboxylic acids is 4. The Morgan fingerprint density at radius 1 is 0.859 bits per heavy atom. The highest BCUT2D eigenvalue weighted by Gasteiger charge is 2.54. The Hall–Kier alpha value is -5.79. The van der Waals surface area contributed by atoms with Gasteiger partial charge in [0.25, 0.3) is 5.56 Å². The molecule has 0 radical (unpaired) electrons. The summed E-state index contributed by atoms with van der Waals surface area (Å²) in [6.45, 7) is 10.3. The number of nitrogens with zero attached hydrogens (tertiary/aromatic N) is 2. The highest BCUT2D eigenvalue weighted by Crippen LogP contribution is 2.35. The third-order valence-corrected chi connectivity index (χ3v) is 14.0. The van der Waals surface area contributed by atoms with Crippen LogP contribution in [-0.4, -0.2) is 195 Å². The Kier molecular flexibility index (Phi) is 25.8. The third-order valence-electron chi connectivity index (χ3n) is 14.0. The first-order valence-corrected chi connectivity index (χ1v) is 26.6. The lowest BCUT2D eigenvalue weighted by molar-refractivity contribution is -0.231. The van der Waals surface area contributed by atoms with Crippen molar-refractivity contribution in [3.63, 3.8) is 0 Å². The van der Waals surface area contributed by atoms with Crippen LogP contribution in [0, 0.1) is 17.8 Å². The molecule has 2 fully saturated rings. The maximum atomic E-state index is 14.5. The summed E-state index contributed by atoms with van der Waals surface area (Å²) in [4.78, 5) is 112. The van der Waals surface area contributed by atoms with E-state index in [4.69, 9.17) is 35.2 Å². The molecule has 78 heavy (non-hydrogen) atoms. The first-order chi connectivity index (χ1) is 36.9. The van der Waals surface area contributed by atoms with Gasteiger partial charge >= 0.3 is 29.6 Å². The number of aliphatic carboxylic acids is 2. The lowest BCUT2D eigenvalue weighted by atomic mass is 9.96. The zero-order chi connectivity index (χ0) is 58.0. The Labute approximate surface area is 451 Å². The Morgan fingerprint density at radius 3 is 2.15 bits per heavy atom. The predicted molar refractivity (Wildman–Crippen MR) is 277 cm³/mol. The molecular weight excluding hydrogens is 1030 g/mol. The number of carbonyl (C=O) groups is 6. The molecule has 0 aromatic carbocycles. The van der Waals surface area contributed by atoms with Gasteiger partial charge in [-0.25, -0.2) is 14.4 Å². The second kappa shape index (κ2) is 31.1. The van der Waals surface area contributed by atoms with Crippen LogP contribution in [0.5, 0.6) is 0 Å². The largest absolute Gasteiger partial charge is 0.480 e. The molecule has 0 aliphatic carbocycles. The van der Waals surface area contributed by atoms with Gasteiger partial charge in [0.2, 0.25) is 11.8 Å². The number of methoxy groups -OCH3 is 1. The molecule has 29 heteroatoms.